The van der Waals surface area contributed by atoms with Gasteiger partial charge in [0.15, 0.2) is 0 Å². The Morgan fingerprint density at radius 3 is 2.81 bits per heavy atom. The monoisotopic (exact) mass is 217 g/mol. The lowest BCUT2D eigenvalue weighted by molar-refractivity contribution is 0.861. The molecular weight excluding hydrogens is 198 g/mol. The molecule has 1 aliphatic heterocycles. The largest absolute Gasteiger partial charge is 0.328 e. The van der Waals surface area contributed by atoms with Crippen molar-refractivity contribution in [2.45, 2.75) is 20.4 Å². The molecule has 86 valence electrons. The molecule has 1 heterocycles. The van der Waals surface area contributed by atoms with Gasteiger partial charge in [0, 0.05) is 24.7 Å². The van der Waals surface area contributed by atoms with Crippen molar-refractivity contribution in [1.82, 2.24) is 0 Å². The Labute approximate surface area is 97.0 Å². The summed E-state index contributed by atoms with van der Waals surface area (Å²) in [5.74, 6) is 1.65. The van der Waals surface area contributed by atoms with Crippen LogP contribution >= 0.6 is 0 Å². The first-order chi connectivity index (χ1) is 7.74. The summed E-state index contributed by atoms with van der Waals surface area (Å²) >= 11 is 0. The first kappa shape index (κ1) is 11.1. The number of nitrogens with zero attached hydrogens (tertiary/aromatic N) is 2. The highest BCUT2D eigenvalue weighted by Crippen LogP contribution is 2.24. The summed E-state index contributed by atoms with van der Waals surface area (Å²) in [5, 5.41) is 0. The van der Waals surface area contributed by atoms with Crippen molar-refractivity contribution in [2.75, 3.05) is 18.0 Å². The van der Waals surface area contributed by atoms with Crippen molar-refractivity contribution in [1.29, 1.82) is 0 Å². The van der Waals surface area contributed by atoms with E-state index >= 15 is 0 Å². The summed E-state index contributed by atoms with van der Waals surface area (Å²) in [6, 6.07) is 8.32. The lowest BCUT2D eigenvalue weighted by Gasteiger charge is -2.25. The van der Waals surface area contributed by atoms with Crippen molar-refractivity contribution in [3.05, 3.63) is 29.8 Å². The maximum atomic E-state index is 5.77. The number of aliphatic imine (C=N–C) groups is 1. The summed E-state index contributed by atoms with van der Waals surface area (Å²) in [6.45, 7) is 6.82. The van der Waals surface area contributed by atoms with Gasteiger partial charge in [0.25, 0.3) is 0 Å². The number of amidine groups is 1. The molecule has 0 spiro atoms. The number of hydrogen-bond donors (Lipinski definition) is 1. The highest BCUT2D eigenvalue weighted by Gasteiger charge is 2.22. The highest BCUT2D eigenvalue weighted by molar-refractivity contribution is 6.01. The molecule has 1 aliphatic rings. The summed E-state index contributed by atoms with van der Waals surface area (Å²) < 4.78 is 0. The van der Waals surface area contributed by atoms with E-state index in [9.17, 15) is 0 Å². The van der Waals surface area contributed by atoms with E-state index in [1.54, 1.807) is 0 Å². The van der Waals surface area contributed by atoms with Crippen molar-refractivity contribution >= 4 is 11.5 Å². The van der Waals surface area contributed by atoms with Crippen LogP contribution in [0.25, 0.3) is 0 Å². The fourth-order valence-electron chi connectivity index (χ4n) is 2.15. The zero-order valence-electron chi connectivity index (χ0n) is 9.98. The molecule has 2 rings (SSSR count). The summed E-state index contributed by atoms with van der Waals surface area (Å²) in [4.78, 5) is 6.87. The Morgan fingerprint density at radius 1 is 1.38 bits per heavy atom. The summed E-state index contributed by atoms with van der Waals surface area (Å²) in [6.07, 6.45) is 0. The molecule has 0 saturated carbocycles. The van der Waals surface area contributed by atoms with Gasteiger partial charge in [-0.15, -0.1) is 0 Å². The maximum absolute atomic E-state index is 5.77. The Hall–Kier alpha value is -1.35. The number of para-hydroxylation sites is 1. The summed E-state index contributed by atoms with van der Waals surface area (Å²) in [7, 11) is 0. The molecule has 0 atom stereocenters. The lowest BCUT2D eigenvalue weighted by Crippen LogP contribution is -2.32. The van der Waals surface area contributed by atoms with Crippen LogP contribution in [-0.2, 0) is 6.54 Å². The second-order valence-corrected chi connectivity index (χ2v) is 4.38. The van der Waals surface area contributed by atoms with E-state index in [0.29, 0.717) is 12.5 Å². The highest BCUT2D eigenvalue weighted by atomic mass is 15.2. The van der Waals surface area contributed by atoms with E-state index in [1.165, 1.54) is 17.1 Å². The number of anilines is 1. The molecule has 0 radical (unpaired) electrons. The molecule has 0 saturated heterocycles. The molecule has 0 fully saturated rings. The predicted octanol–water partition coefficient (Wildman–Crippen LogP) is 2.02. The molecule has 1 aromatic carbocycles. The fraction of sp³-hybridized carbons (Fsp3) is 0.462. The Bertz CT molecular complexity index is 396. The molecule has 2 N–H and O–H groups in total. The van der Waals surface area contributed by atoms with Gasteiger partial charge in [-0.25, -0.2) is 0 Å². The third-order valence-electron chi connectivity index (χ3n) is 2.89. The number of benzene rings is 1. The topological polar surface area (TPSA) is 41.6 Å². The zero-order valence-corrected chi connectivity index (χ0v) is 9.98. The van der Waals surface area contributed by atoms with Gasteiger partial charge in [0.1, 0.15) is 5.84 Å². The van der Waals surface area contributed by atoms with Gasteiger partial charge in [0.05, 0.1) is 6.54 Å². The molecule has 0 unspecified atom stereocenters. The Morgan fingerprint density at radius 2 is 2.12 bits per heavy atom. The standard InChI is InChI=1S/C13H19N3/c1-10(2)13-15-7-8-16(13)12-6-4-3-5-11(12)9-14/h3-6,10H,7-9,14H2,1-2H3. The predicted molar refractivity (Wildman–Crippen MR) is 68.8 cm³/mol. The molecule has 0 aromatic heterocycles. The van der Waals surface area contributed by atoms with Crippen LogP contribution in [-0.4, -0.2) is 18.9 Å². The molecular formula is C13H19N3. The SMILES string of the molecule is CC(C)C1=NCCN1c1ccccc1CN. The minimum atomic E-state index is 0.466. The number of rotatable bonds is 3. The van der Waals surface area contributed by atoms with Crippen molar-refractivity contribution in [3.8, 4) is 0 Å². The smallest absolute Gasteiger partial charge is 0.106 e. The van der Waals surface area contributed by atoms with Crippen LogP contribution in [0.2, 0.25) is 0 Å². The van der Waals surface area contributed by atoms with E-state index in [1.807, 2.05) is 6.07 Å². The maximum Gasteiger partial charge on any atom is 0.106 e. The van der Waals surface area contributed by atoms with Gasteiger partial charge >= 0.3 is 0 Å². The van der Waals surface area contributed by atoms with Crippen LogP contribution in [0.15, 0.2) is 29.3 Å². The molecule has 3 nitrogen and oxygen atoms in total. The quantitative estimate of drug-likeness (QED) is 0.841. The van der Waals surface area contributed by atoms with Gasteiger partial charge in [-0.05, 0) is 11.6 Å². The van der Waals surface area contributed by atoms with Gasteiger partial charge in [-0.1, -0.05) is 32.0 Å². The van der Waals surface area contributed by atoms with Crippen molar-refractivity contribution < 1.29 is 0 Å². The second-order valence-electron chi connectivity index (χ2n) is 4.38. The molecule has 0 bridgehead atoms. The van der Waals surface area contributed by atoms with Crippen LogP contribution in [0.3, 0.4) is 0 Å². The zero-order chi connectivity index (χ0) is 11.5. The molecule has 3 heteroatoms. The van der Waals surface area contributed by atoms with E-state index in [0.717, 1.165) is 13.1 Å². The first-order valence-electron chi connectivity index (χ1n) is 5.84. The van der Waals surface area contributed by atoms with Crippen molar-refractivity contribution in [3.63, 3.8) is 0 Å². The minimum Gasteiger partial charge on any atom is -0.328 e. The van der Waals surface area contributed by atoms with Gasteiger partial charge in [-0.2, -0.15) is 0 Å². The Kier molecular flexibility index (Phi) is 3.25. The summed E-state index contributed by atoms with van der Waals surface area (Å²) in [5.41, 5.74) is 8.18. The molecule has 0 aliphatic carbocycles. The van der Waals surface area contributed by atoms with E-state index in [4.69, 9.17) is 5.73 Å². The van der Waals surface area contributed by atoms with Crippen molar-refractivity contribution in [2.24, 2.45) is 16.6 Å². The third-order valence-corrected chi connectivity index (χ3v) is 2.89. The molecule has 0 amide bonds. The number of nitrogens with two attached hydrogens (primary N) is 1. The first-order valence-corrected chi connectivity index (χ1v) is 5.84. The fourth-order valence-corrected chi connectivity index (χ4v) is 2.15. The van der Waals surface area contributed by atoms with E-state index < -0.39 is 0 Å². The van der Waals surface area contributed by atoms with Gasteiger partial charge in [-0.3, -0.25) is 4.99 Å². The van der Waals surface area contributed by atoms with E-state index in [2.05, 4.69) is 41.9 Å². The number of hydrogen-bond acceptors (Lipinski definition) is 3. The van der Waals surface area contributed by atoms with Crippen LogP contribution in [0, 0.1) is 5.92 Å². The van der Waals surface area contributed by atoms with E-state index in [-0.39, 0.29) is 0 Å². The Balaban J connectivity index is 2.34. The lowest BCUT2D eigenvalue weighted by atomic mass is 10.1. The normalized spacial score (nSPS) is 15.8. The minimum absolute atomic E-state index is 0.466. The van der Waals surface area contributed by atoms with Crippen LogP contribution in [0.1, 0.15) is 19.4 Å². The molecule has 1 aromatic rings. The van der Waals surface area contributed by atoms with Gasteiger partial charge in [0.2, 0.25) is 0 Å². The van der Waals surface area contributed by atoms with Crippen LogP contribution < -0.4 is 10.6 Å². The average Bonchev–Trinajstić information content (AvgIpc) is 2.77. The van der Waals surface area contributed by atoms with Crippen LogP contribution in [0.5, 0.6) is 0 Å². The third kappa shape index (κ3) is 1.95. The molecule has 16 heavy (non-hydrogen) atoms. The average molecular weight is 217 g/mol. The van der Waals surface area contributed by atoms with Crippen LogP contribution in [0.4, 0.5) is 5.69 Å². The second kappa shape index (κ2) is 4.66. The van der Waals surface area contributed by atoms with Gasteiger partial charge < -0.3 is 10.6 Å².